The molecule has 0 radical (unpaired) electrons. The summed E-state index contributed by atoms with van der Waals surface area (Å²) in [6.07, 6.45) is 7.63. The molecule has 3 rings (SSSR count). The molecular weight excluding hydrogens is 279 g/mol. The molecule has 22 heavy (non-hydrogen) atoms. The Morgan fingerprint density at radius 1 is 1.32 bits per heavy atom. The van der Waals surface area contributed by atoms with Gasteiger partial charge in [-0.2, -0.15) is 5.10 Å². The second-order valence-electron chi connectivity index (χ2n) is 5.89. The molecule has 1 aliphatic carbocycles. The number of rotatable bonds is 6. The van der Waals surface area contributed by atoms with Crippen LogP contribution in [0.4, 0.5) is 10.1 Å². The van der Waals surface area contributed by atoms with E-state index in [1.165, 1.54) is 43.5 Å². The third-order valence-corrected chi connectivity index (χ3v) is 4.30. The molecule has 1 heterocycles. The second-order valence-corrected chi connectivity index (χ2v) is 5.89. The molecule has 5 heteroatoms. The molecule has 0 amide bonds. The number of nitrogens with two attached hydrogens (primary N) is 1. The fraction of sp³-hybridized carbons (Fsp3) is 0.471. The molecule has 1 aromatic carbocycles. The van der Waals surface area contributed by atoms with E-state index in [4.69, 9.17) is 5.73 Å². The zero-order valence-electron chi connectivity index (χ0n) is 12.8. The van der Waals surface area contributed by atoms with Crippen LogP contribution in [0.5, 0.6) is 0 Å². The van der Waals surface area contributed by atoms with Gasteiger partial charge in [0.2, 0.25) is 0 Å². The maximum atomic E-state index is 13.5. The Balaban J connectivity index is 1.94. The topological polar surface area (TPSA) is 55.9 Å². The van der Waals surface area contributed by atoms with E-state index >= 15 is 0 Å². The molecule has 0 bridgehead atoms. The summed E-state index contributed by atoms with van der Waals surface area (Å²) >= 11 is 0. The van der Waals surface area contributed by atoms with Crippen LogP contribution in [0.1, 0.15) is 43.7 Å². The normalized spacial score (nSPS) is 15.4. The number of nitrogens with one attached hydrogen (secondary N) is 1. The van der Waals surface area contributed by atoms with Gasteiger partial charge in [0.1, 0.15) is 5.82 Å². The van der Waals surface area contributed by atoms with Gasteiger partial charge < -0.3 is 11.1 Å². The minimum Gasteiger partial charge on any atom is -0.382 e. The molecule has 4 nitrogen and oxygen atoms in total. The summed E-state index contributed by atoms with van der Waals surface area (Å²) in [6, 6.07) is 6.63. The Bertz CT molecular complexity index is 617. The van der Waals surface area contributed by atoms with Crippen molar-refractivity contribution >= 4 is 5.69 Å². The summed E-state index contributed by atoms with van der Waals surface area (Å²) < 4.78 is 15.4. The van der Waals surface area contributed by atoms with Crippen molar-refractivity contribution in [3.63, 3.8) is 0 Å². The third kappa shape index (κ3) is 3.14. The zero-order valence-corrected chi connectivity index (χ0v) is 12.8. The third-order valence-electron chi connectivity index (χ3n) is 4.30. The summed E-state index contributed by atoms with van der Waals surface area (Å²) in [6.45, 7) is 1.51. The first-order valence-corrected chi connectivity index (χ1v) is 8.07. The summed E-state index contributed by atoms with van der Waals surface area (Å²) in [5, 5.41) is 7.95. The summed E-state index contributed by atoms with van der Waals surface area (Å²) in [5.74, 6) is 0.258. The van der Waals surface area contributed by atoms with E-state index in [0.29, 0.717) is 12.5 Å². The minimum atomic E-state index is -0.233. The standard InChI is InChI=1S/C17H23FN4/c18-14-7-3-8-15(11-14)22-17(13-5-1-2-6-13)16(12-21-22)20-10-4-9-19/h3,7-8,11-13,20H,1-2,4-6,9-10,19H2. The molecular formula is C17H23FN4. The van der Waals surface area contributed by atoms with Crippen molar-refractivity contribution in [3.05, 3.63) is 42.0 Å². The van der Waals surface area contributed by atoms with Crippen LogP contribution in [0, 0.1) is 5.82 Å². The Hall–Kier alpha value is -1.88. The molecule has 1 aromatic heterocycles. The van der Waals surface area contributed by atoms with Crippen molar-refractivity contribution in [2.45, 2.75) is 38.0 Å². The van der Waals surface area contributed by atoms with E-state index in [2.05, 4.69) is 10.4 Å². The number of nitrogens with zero attached hydrogens (tertiary/aromatic N) is 2. The zero-order chi connectivity index (χ0) is 15.4. The first kappa shape index (κ1) is 15.0. The number of aromatic nitrogens is 2. The summed E-state index contributed by atoms with van der Waals surface area (Å²) in [5.41, 5.74) is 8.59. The van der Waals surface area contributed by atoms with Gasteiger partial charge in [0.05, 0.1) is 23.3 Å². The maximum absolute atomic E-state index is 13.5. The lowest BCUT2D eigenvalue weighted by Crippen LogP contribution is -2.12. The molecule has 0 saturated heterocycles. The van der Waals surface area contributed by atoms with Gasteiger partial charge in [-0.3, -0.25) is 0 Å². The van der Waals surface area contributed by atoms with E-state index in [1.807, 2.05) is 16.9 Å². The highest BCUT2D eigenvalue weighted by Gasteiger charge is 2.25. The lowest BCUT2D eigenvalue weighted by Gasteiger charge is -2.16. The molecule has 0 aliphatic heterocycles. The number of benzene rings is 1. The Morgan fingerprint density at radius 2 is 2.14 bits per heavy atom. The Morgan fingerprint density at radius 3 is 2.86 bits per heavy atom. The van der Waals surface area contributed by atoms with Gasteiger partial charge in [0.25, 0.3) is 0 Å². The first-order chi connectivity index (χ1) is 10.8. The monoisotopic (exact) mass is 302 g/mol. The Labute approximate surface area is 130 Å². The van der Waals surface area contributed by atoms with E-state index in [9.17, 15) is 4.39 Å². The van der Waals surface area contributed by atoms with Crippen molar-refractivity contribution in [1.82, 2.24) is 9.78 Å². The lowest BCUT2D eigenvalue weighted by molar-refractivity contribution is 0.620. The molecule has 0 unspecified atom stereocenters. The highest BCUT2D eigenvalue weighted by atomic mass is 19.1. The van der Waals surface area contributed by atoms with Gasteiger partial charge in [-0.15, -0.1) is 0 Å². The van der Waals surface area contributed by atoms with Gasteiger partial charge in [0, 0.05) is 12.5 Å². The molecule has 1 aliphatic rings. The average Bonchev–Trinajstić information content (AvgIpc) is 3.16. The van der Waals surface area contributed by atoms with Gasteiger partial charge in [-0.05, 0) is 44.0 Å². The summed E-state index contributed by atoms with van der Waals surface area (Å²) in [4.78, 5) is 0. The van der Waals surface area contributed by atoms with Crippen molar-refractivity contribution in [3.8, 4) is 5.69 Å². The predicted molar refractivity (Wildman–Crippen MR) is 86.9 cm³/mol. The fourth-order valence-electron chi connectivity index (χ4n) is 3.22. The van der Waals surface area contributed by atoms with Gasteiger partial charge in [0.15, 0.2) is 0 Å². The van der Waals surface area contributed by atoms with Crippen molar-refractivity contribution < 1.29 is 4.39 Å². The number of halogens is 1. The molecule has 2 aromatic rings. The maximum Gasteiger partial charge on any atom is 0.125 e. The quantitative estimate of drug-likeness (QED) is 0.804. The van der Waals surface area contributed by atoms with Crippen LogP contribution < -0.4 is 11.1 Å². The average molecular weight is 302 g/mol. The van der Waals surface area contributed by atoms with Crippen LogP contribution in [-0.4, -0.2) is 22.9 Å². The Kier molecular flexibility index (Phi) is 4.73. The van der Waals surface area contributed by atoms with Crippen LogP contribution in [0.3, 0.4) is 0 Å². The minimum absolute atomic E-state index is 0.233. The smallest absolute Gasteiger partial charge is 0.125 e. The van der Waals surface area contributed by atoms with Crippen LogP contribution in [0.25, 0.3) is 5.69 Å². The SMILES string of the molecule is NCCCNc1cnn(-c2cccc(F)c2)c1C1CCCC1. The van der Waals surface area contributed by atoms with Crippen molar-refractivity contribution in [2.24, 2.45) is 5.73 Å². The lowest BCUT2D eigenvalue weighted by atomic mass is 10.0. The van der Waals surface area contributed by atoms with Gasteiger partial charge in [-0.1, -0.05) is 18.9 Å². The van der Waals surface area contributed by atoms with E-state index in [1.54, 1.807) is 6.07 Å². The van der Waals surface area contributed by atoms with Crippen LogP contribution >= 0.6 is 0 Å². The number of hydrogen-bond acceptors (Lipinski definition) is 3. The van der Waals surface area contributed by atoms with Crippen LogP contribution in [0.15, 0.2) is 30.5 Å². The highest BCUT2D eigenvalue weighted by Crippen LogP contribution is 2.38. The molecule has 0 atom stereocenters. The largest absolute Gasteiger partial charge is 0.382 e. The first-order valence-electron chi connectivity index (χ1n) is 8.07. The van der Waals surface area contributed by atoms with Crippen molar-refractivity contribution in [1.29, 1.82) is 0 Å². The van der Waals surface area contributed by atoms with E-state index in [0.717, 1.165) is 24.3 Å². The number of anilines is 1. The fourth-order valence-corrected chi connectivity index (χ4v) is 3.22. The van der Waals surface area contributed by atoms with Gasteiger partial charge in [-0.25, -0.2) is 9.07 Å². The summed E-state index contributed by atoms with van der Waals surface area (Å²) in [7, 11) is 0. The van der Waals surface area contributed by atoms with Crippen LogP contribution in [0.2, 0.25) is 0 Å². The second kappa shape index (κ2) is 6.92. The molecule has 3 N–H and O–H groups in total. The highest BCUT2D eigenvalue weighted by molar-refractivity contribution is 5.52. The van der Waals surface area contributed by atoms with Gasteiger partial charge >= 0.3 is 0 Å². The molecule has 1 saturated carbocycles. The predicted octanol–water partition coefficient (Wildman–Crippen LogP) is 3.43. The van der Waals surface area contributed by atoms with E-state index < -0.39 is 0 Å². The van der Waals surface area contributed by atoms with Crippen molar-refractivity contribution in [2.75, 3.05) is 18.4 Å². The number of hydrogen-bond donors (Lipinski definition) is 2. The molecule has 0 spiro atoms. The molecule has 118 valence electrons. The van der Waals surface area contributed by atoms with E-state index in [-0.39, 0.29) is 5.82 Å². The molecule has 1 fully saturated rings. The van der Waals surface area contributed by atoms with Crippen LogP contribution in [-0.2, 0) is 0 Å².